The van der Waals surface area contributed by atoms with Crippen LogP contribution in [0.3, 0.4) is 0 Å². The lowest BCUT2D eigenvalue weighted by Crippen LogP contribution is -2.29. The van der Waals surface area contributed by atoms with Gasteiger partial charge in [-0.1, -0.05) is 0 Å². The molecule has 36 heavy (non-hydrogen) atoms. The van der Waals surface area contributed by atoms with Gasteiger partial charge in [0.15, 0.2) is 17.3 Å². The van der Waals surface area contributed by atoms with Crippen molar-refractivity contribution in [3.8, 4) is 6.07 Å². The Kier molecular flexibility index (Phi) is 6.65. The van der Waals surface area contributed by atoms with Gasteiger partial charge in [-0.3, -0.25) is 9.36 Å². The smallest absolute Gasteiger partial charge is 0.224 e. The number of imidazole rings is 1. The lowest BCUT2D eigenvalue weighted by molar-refractivity contribution is -0.122. The number of hydrogen-bond acceptors (Lipinski definition) is 8. The number of nitriles is 1. The Hall–Kier alpha value is -3.85. The number of carbonyl (C=O) groups excluding carboxylic acids is 1. The highest BCUT2D eigenvalue weighted by atomic mass is 19.2. The zero-order valence-corrected chi connectivity index (χ0v) is 19.5. The van der Waals surface area contributed by atoms with Gasteiger partial charge < -0.3 is 21.1 Å². The number of nitrogens with one attached hydrogen (secondary N) is 2. The van der Waals surface area contributed by atoms with Gasteiger partial charge in [0.2, 0.25) is 17.8 Å². The highest BCUT2D eigenvalue weighted by Crippen LogP contribution is 2.37. The van der Waals surface area contributed by atoms with Crippen LogP contribution >= 0.6 is 0 Å². The molecule has 12 heteroatoms. The van der Waals surface area contributed by atoms with Crippen LogP contribution in [0, 0.1) is 28.9 Å². The summed E-state index contributed by atoms with van der Waals surface area (Å²) in [6.45, 7) is 1.34. The van der Waals surface area contributed by atoms with Crippen LogP contribution in [0.25, 0.3) is 11.2 Å². The first kappa shape index (κ1) is 23.9. The van der Waals surface area contributed by atoms with Crippen molar-refractivity contribution in [3.05, 3.63) is 35.5 Å². The van der Waals surface area contributed by atoms with Gasteiger partial charge in [0, 0.05) is 31.2 Å². The minimum absolute atomic E-state index is 0.0924. The van der Waals surface area contributed by atoms with Crippen molar-refractivity contribution in [1.29, 1.82) is 5.26 Å². The summed E-state index contributed by atoms with van der Waals surface area (Å²) in [7, 11) is 0. The van der Waals surface area contributed by atoms with Crippen molar-refractivity contribution in [1.82, 2.24) is 19.5 Å². The summed E-state index contributed by atoms with van der Waals surface area (Å²) in [6.07, 6.45) is 5.78. The third-order valence-corrected chi connectivity index (χ3v) is 6.90. The molecule has 2 fully saturated rings. The van der Waals surface area contributed by atoms with Crippen molar-refractivity contribution in [3.63, 3.8) is 0 Å². The molecule has 0 unspecified atom stereocenters. The van der Waals surface area contributed by atoms with E-state index in [1.54, 1.807) is 12.3 Å². The van der Waals surface area contributed by atoms with Crippen molar-refractivity contribution in [2.24, 2.45) is 11.7 Å². The number of carbonyl (C=O) groups is 1. The van der Waals surface area contributed by atoms with E-state index in [0.717, 1.165) is 12.8 Å². The highest BCUT2D eigenvalue weighted by Gasteiger charge is 2.29. The van der Waals surface area contributed by atoms with Crippen LogP contribution < -0.4 is 16.4 Å². The number of anilines is 3. The zero-order chi connectivity index (χ0) is 25.2. The summed E-state index contributed by atoms with van der Waals surface area (Å²) in [5.41, 5.74) is 6.00. The molecule has 1 amide bonds. The van der Waals surface area contributed by atoms with Gasteiger partial charge >= 0.3 is 0 Å². The van der Waals surface area contributed by atoms with E-state index in [9.17, 15) is 13.6 Å². The molecule has 1 saturated heterocycles. The fraction of sp³-hybridized carbons (Fsp3) is 0.458. The van der Waals surface area contributed by atoms with Gasteiger partial charge in [0.25, 0.3) is 0 Å². The number of benzene rings is 1. The minimum Gasteiger partial charge on any atom is -0.381 e. The lowest BCUT2D eigenvalue weighted by Gasteiger charge is -2.29. The topological polar surface area (TPSA) is 144 Å². The number of fused-ring (bicyclic) bond motifs is 1. The van der Waals surface area contributed by atoms with Gasteiger partial charge in [-0.05, 0) is 50.7 Å². The molecule has 2 aliphatic rings. The number of hydrogen-bond donors (Lipinski definition) is 3. The summed E-state index contributed by atoms with van der Waals surface area (Å²) in [6, 6.07) is 4.23. The predicted molar refractivity (Wildman–Crippen MR) is 127 cm³/mol. The Morgan fingerprint density at radius 3 is 2.56 bits per heavy atom. The molecule has 5 rings (SSSR count). The molecule has 10 nitrogen and oxygen atoms in total. The second-order valence-electron chi connectivity index (χ2n) is 9.17. The largest absolute Gasteiger partial charge is 0.381 e. The Labute approximate surface area is 205 Å². The maximum atomic E-state index is 14.7. The van der Waals surface area contributed by atoms with E-state index in [4.69, 9.17) is 20.7 Å². The third-order valence-electron chi connectivity index (χ3n) is 6.90. The second-order valence-corrected chi connectivity index (χ2v) is 9.17. The molecular weight excluding hydrogens is 470 g/mol. The highest BCUT2D eigenvalue weighted by molar-refractivity contribution is 5.78. The van der Waals surface area contributed by atoms with Gasteiger partial charge in [0.05, 0.1) is 17.4 Å². The van der Waals surface area contributed by atoms with Crippen LogP contribution in [0.2, 0.25) is 0 Å². The van der Waals surface area contributed by atoms with Crippen molar-refractivity contribution in [2.75, 3.05) is 23.8 Å². The van der Waals surface area contributed by atoms with Crippen LogP contribution in [0.15, 0.2) is 18.3 Å². The molecule has 0 bridgehead atoms. The number of aromatic nitrogens is 4. The molecule has 188 valence electrons. The molecule has 1 aliphatic carbocycles. The maximum absolute atomic E-state index is 14.7. The molecule has 3 aromatic rings. The lowest BCUT2D eigenvalue weighted by atomic mass is 9.85. The first-order chi connectivity index (χ1) is 17.4. The number of nitrogens with zero attached hydrogens (tertiary/aromatic N) is 5. The molecule has 0 radical (unpaired) electrons. The summed E-state index contributed by atoms with van der Waals surface area (Å²) in [5, 5.41) is 15.2. The molecule has 1 aromatic carbocycles. The number of rotatable bonds is 6. The van der Waals surface area contributed by atoms with Crippen LogP contribution in [0.4, 0.5) is 26.4 Å². The SMILES string of the molecule is N#Cc1ccc(Nc2nc3cnc(NC4CCOCC4)nc3n2[C@H]2CC[C@H](C(N)=O)CC2)c(F)c1F. The first-order valence-electron chi connectivity index (χ1n) is 12.0. The van der Waals surface area contributed by atoms with E-state index in [1.807, 2.05) is 4.57 Å². The van der Waals surface area contributed by atoms with Crippen molar-refractivity contribution < 1.29 is 18.3 Å². The normalized spacial score (nSPS) is 20.7. The molecule has 2 aromatic heterocycles. The maximum Gasteiger partial charge on any atom is 0.224 e. The van der Waals surface area contributed by atoms with Gasteiger partial charge in [-0.15, -0.1) is 0 Å². The van der Waals surface area contributed by atoms with Gasteiger partial charge in [-0.2, -0.15) is 10.2 Å². The molecule has 0 atom stereocenters. The Morgan fingerprint density at radius 1 is 1.11 bits per heavy atom. The van der Waals surface area contributed by atoms with E-state index < -0.39 is 11.6 Å². The first-order valence-corrected chi connectivity index (χ1v) is 12.0. The molecule has 1 saturated carbocycles. The van der Waals surface area contributed by atoms with Crippen LogP contribution in [0.5, 0.6) is 0 Å². The third kappa shape index (κ3) is 4.66. The van der Waals surface area contributed by atoms with E-state index in [2.05, 4.69) is 20.6 Å². The van der Waals surface area contributed by atoms with Crippen LogP contribution in [-0.2, 0) is 9.53 Å². The van der Waals surface area contributed by atoms with E-state index in [-0.39, 0.29) is 41.1 Å². The zero-order valence-electron chi connectivity index (χ0n) is 19.5. The van der Waals surface area contributed by atoms with Gasteiger partial charge in [-0.25, -0.2) is 18.7 Å². The summed E-state index contributed by atoms with van der Waals surface area (Å²) < 4.78 is 36.2. The Bertz CT molecular complexity index is 1320. The molecule has 1 aliphatic heterocycles. The fourth-order valence-corrected chi connectivity index (χ4v) is 4.89. The van der Waals surface area contributed by atoms with Gasteiger partial charge in [0.1, 0.15) is 11.6 Å². The van der Waals surface area contributed by atoms with E-state index >= 15 is 0 Å². The summed E-state index contributed by atoms with van der Waals surface area (Å²) in [4.78, 5) is 25.4. The molecule has 4 N–H and O–H groups in total. The van der Waals surface area contributed by atoms with E-state index in [0.29, 0.717) is 56.0 Å². The average Bonchev–Trinajstić information content (AvgIpc) is 3.24. The molecule has 3 heterocycles. The minimum atomic E-state index is -1.23. The quantitative estimate of drug-likeness (QED) is 0.470. The number of primary amides is 1. The average molecular weight is 497 g/mol. The summed E-state index contributed by atoms with van der Waals surface area (Å²) >= 11 is 0. The molecular formula is C24H26F2N8O2. The van der Waals surface area contributed by atoms with Crippen LogP contribution in [0.1, 0.15) is 50.1 Å². The number of amides is 1. The van der Waals surface area contributed by atoms with Crippen LogP contribution in [-0.4, -0.2) is 44.7 Å². The number of nitrogens with two attached hydrogens (primary N) is 1. The van der Waals surface area contributed by atoms with Crippen molar-refractivity contribution in [2.45, 2.75) is 50.6 Å². The summed E-state index contributed by atoms with van der Waals surface area (Å²) in [5.74, 6) is -2.19. The fourth-order valence-electron chi connectivity index (χ4n) is 4.89. The number of ether oxygens (including phenoxy) is 1. The molecule has 0 spiro atoms. The standard InChI is InChI=1S/C24H26F2N8O2/c25-19-14(11-27)3-6-17(20(19)26)31-24-32-18-12-29-23(30-15-7-9-36-10-8-15)33-22(18)34(24)16-4-1-13(2-5-16)21(28)35/h3,6,12-13,15-16H,1-2,4-5,7-10H2,(H2,28,35)(H,31,32)(H,29,30,33)/t13-,16-. The number of halogens is 2. The predicted octanol–water partition coefficient (Wildman–Crippen LogP) is 3.53. The van der Waals surface area contributed by atoms with Crippen molar-refractivity contribution >= 4 is 34.7 Å². The Balaban J connectivity index is 1.52. The van der Waals surface area contributed by atoms with E-state index in [1.165, 1.54) is 12.1 Å². The monoisotopic (exact) mass is 496 g/mol. The Morgan fingerprint density at radius 2 is 1.86 bits per heavy atom. The second kappa shape index (κ2) is 10.0.